The van der Waals surface area contributed by atoms with Crippen LogP contribution in [0.2, 0.25) is 0 Å². The number of allylic oxidation sites excluding steroid dienone is 2. The summed E-state index contributed by atoms with van der Waals surface area (Å²) in [5.41, 5.74) is 19.0. The van der Waals surface area contributed by atoms with Crippen LogP contribution in [-0.4, -0.2) is 136 Å². The number of nitrogens with one attached hydrogen (secondary N) is 2. The number of aromatic nitrogens is 2. The minimum atomic E-state index is -0.949. The highest BCUT2D eigenvalue weighted by Crippen LogP contribution is 2.59. The van der Waals surface area contributed by atoms with Crippen molar-refractivity contribution in [1.82, 2.24) is 24.9 Å². The van der Waals surface area contributed by atoms with Gasteiger partial charge in [0.2, 0.25) is 11.6 Å². The number of methoxy groups -OCH3 is 1. The number of nitrogens with zero attached hydrogens (tertiary/aromatic N) is 4. The molecule has 1 unspecified atom stereocenters. The second kappa shape index (κ2) is 14.3. The second-order valence-corrected chi connectivity index (χ2v) is 14.1. The lowest BCUT2D eigenvalue weighted by molar-refractivity contribution is -0.144. The van der Waals surface area contributed by atoms with Gasteiger partial charge in [0, 0.05) is 61.6 Å². The SMILES string of the molecule is CO[C@@]12[C@H](COC(N)=O)C3=C(C(=O)C(C)=C(N)C3=O)N1C[C@H]1[C@@H]2N1C.NCCCNc1ccc2c3c(nn2CCNCCO)-c2c(O)ccc(O)c2C(=O)c13. The third kappa shape index (κ3) is 5.70. The number of anilines is 1. The van der Waals surface area contributed by atoms with Crippen molar-refractivity contribution in [3.63, 3.8) is 0 Å². The van der Waals surface area contributed by atoms with Crippen molar-refractivity contribution in [1.29, 1.82) is 0 Å². The molecule has 5 atom stereocenters. The predicted octanol–water partition coefficient (Wildman–Crippen LogP) is -0.307. The number of amides is 1. The number of hydrogen-bond donors (Lipinski definition) is 8. The largest absolute Gasteiger partial charge is 0.507 e. The standard InChI is InChI=1S/C21H25N5O4.C16H20N4O5/c22-6-1-7-24-12-2-3-13-17-16(12)21(30)19-15(29)5-4-14(28)18(19)20(17)25-26(13)10-8-23-9-11-27;1-6-10(17)13(22)9-7(5-25-15(18)23)16(24-3)14-8(19(14)2)4-20(16)11(9)12(6)21/h2-5,23-24,27-29H,1,6-11,22H2;7-8,14H,4-5,17H2,1-3H3,(H2,18,23)/t;7-,8+,14+,16-,19?/m.1/s1. The molecule has 2 aliphatic carbocycles. The van der Waals surface area contributed by atoms with Gasteiger partial charge in [0.05, 0.1) is 58.7 Å². The topological polar surface area (TPSA) is 274 Å². The number of carbonyl (C=O) groups excluding carboxylic acids is 4. The zero-order valence-corrected chi connectivity index (χ0v) is 30.7. The molecule has 4 heterocycles. The molecular weight excluding hydrogens is 714 g/mol. The number of phenols is 2. The number of phenolic OH excluding ortho intramolecular Hbond substituents is 2. The number of piperazine rings is 1. The van der Waals surface area contributed by atoms with Gasteiger partial charge in [-0.05, 0) is 51.2 Å². The fourth-order valence-corrected chi connectivity index (χ4v) is 8.62. The lowest BCUT2D eigenvalue weighted by Gasteiger charge is -2.40. The van der Waals surface area contributed by atoms with Crippen molar-refractivity contribution in [2.45, 2.75) is 37.7 Å². The quantitative estimate of drug-likeness (QED) is 0.0398. The maximum absolute atomic E-state index is 13.4. The average Bonchev–Trinajstić information content (AvgIpc) is 3.42. The normalized spacial score (nSPS) is 24.4. The molecule has 18 nitrogen and oxygen atoms in total. The fourth-order valence-electron chi connectivity index (χ4n) is 8.62. The van der Waals surface area contributed by atoms with Crippen LogP contribution in [0.3, 0.4) is 0 Å². The van der Waals surface area contributed by atoms with E-state index in [0.29, 0.717) is 67.3 Å². The van der Waals surface area contributed by atoms with Crippen LogP contribution in [0, 0.1) is 5.92 Å². The third-order valence-corrected chi connectivity index (χ3v) is 11.2. The molecule has 292 valence electrons. The van der Waals surface area contributed by atoms with E-state index in [1.54, 1.807) is 11.6 Å². The van der Waals surface area contributed by atoms with E-state index in [4.69, 9.17) is 31.8 Å². The summed E-state index contributed by atoms with van der Waals surface area (Å²) < 4.78 is 12.7. The van der Waals surface area contributed by atoms with Crippen LogP contribution in [0.15, 0.2) is 46.8 Å². The van der Waals surface area contributed by atoms with Gasteiger partial charge < -0.3 is 57.5 Å². The summed E-state index contributed by atoms with van der Waals surface area (Å²) >= 11 is 0. The maximum Gasteiger partial charge on any atom is 0.404 e. The summed E-state index contributed by atoms with van der Waals surface area (Å²) in [6, 6.07) is 6.62. The van der Waals surface area contributed by atoms with Crippen LogP contribution in [0.25, 0.3) is 22.2 Å². The van der Waals surface area contributed by atoms with E-state index in [1.165, 1.54) is 19.2 Å². The van der Waals surface area contributed by atoms with Crippen molar-refractivity contribution in [3.8, 4) is 22.8 Å². The Balaban J connectivity index is 0.000000172. The zero-order valence-electron chi connectivity index (χ0n) is 30.7. The summed E-state index contributed by atoms with van der Waals surface area (Å²) in [6.07, 6.45) is -0.198. The Morgan fingerprint density at radius 2 is 1.76 bits per heavy atom. The van der Waals surface area contributed by atoms with Gasteiger partial charge in [-0.1, -0.05) is 0 Å². The molecule has 3 aliphatic heterocycles. The number of nitrogens with two attached hydrogens (primary N) is 3. The third-order valence-electron chi connectivity index (χ3n) is 11.2. The zero-order chi connectivity index (χ0) is 39.5. The van der Waals surface area contributed by atoms with E-state index < -0.39 is 23.5 Å². The van der Waals surface area contributed by atoms with E-state index in [9.17, 15) is 29.4 Å². The Morgan fingerprint density at radius 3 is 2.44 bits per heavy atom. The highest BCUT2D eigenvalue weighted by molar-refractivity contribution is 6.29. The molecule has 2 aromatic carbocycles. The number of hydrogen-bond acceptors (Lipinski definition) is 16. The summed E-state index contributed by atoms with van der Waals surface area (Å²) in [7, 11) is 3.49. The van der Waals surface area contributed by atoms with Crippen molar-refractivity contribution in [3.05, 3.63) is 57.9 Å². The average molecular weight is 760 g/mol. The fraction of sp³-hybridized carbons (Fsp3) is 0.432. The summed E-state index contributed by atoms with van der Waals surface area (Å²) in [5.74, 6) is -1.97. The Labute approximate surface area is 315 Å². The number of aromatic hydroxyl groups is 2. The lowest BCUT2D eigenvalue weighted by atomic mass is 9.82. The van der Waals surface area contributed by atoms with E-state index in [1.807, 2.05) is 24.1 Å². The number of ketones is 3. The number of carbonyl (C=O) groups is 4. The Bertz CT molecular complexity index is 2200. The van der Waals surface area contributed by atoms with E-state index >= 15 is 0 Å². The predicted molar refractivity (Wildman–Crippen MR) is 199 cm³/mol. The van der Waals surface area contributed by atoms with Crippen LogP contribution < -0.4 is 27.8 Å². The van der Waals surface area contributed by atoms with Crippen LogP contribution >= 0.6 is 0 Å². The van der Waals surface area contributed by atoms with Crippen molar-refractivity contribution in [2.75, 3.05) is 65.4 Å². The number of fused-ring (bicyclic) bond motifs is 6. The monoisotopic (exact) mass is 759 g/mol. The Kier molecular flexibility index (Phi) is 9.80. The molecule has 2 fully saturated rings. The van der Waals surface area contributed by atoms with Gasteiger partial charge >= 0.3 is 6.09 Å². The molecular formula is C37H45N9O9. The number of ether oxygens (including phenoxy) is 2. The number of aliphatic hydroxyl groups excluding tert-OH is 1. The molecule has 0 radical (unpaired) electrons. The minimum Gasteiger partial charge on any atom is -0.507 e. The van der Waals surface area contributed by atoms with E-state index in [2.05, 4.69) is 20.6 Å². The van der Waals surface area contributed by atoms with Gasteiger partial charge in [-0.15, -0.1) is 0 Å². The summed E-state index contributed by atoms with van der Waals surface area (Å²) in [6.45, 7) is 4.70. The van der Waals surface area contributed by atoms with Gasteiger partial charge in [-0.25, -0.2) is 4.79 Å². The molecule has 2 saturated heterocycles. The van der Waals surface area contributed by atoms with Gasteiger partial charge in [0.15, 0.2) is 11.5 Å². The number of primary amides is 1. The smallest absolute Gasteiger partial charge is 0.404 e. The first-order valence-corrected chi connectivity index (χ1v) is 18.0. The molecule has 3 aromatic rings. The number of rotatable bonds is 12. The first-order chi connectivity index (χ1) is 26.3. The Hall–Kier alpha value is -5.53. The van der Waals surface area contributed by atoms with Gasteiger partial charge in [-0.2, -0.15) is 5.10 Å². The Morgan fingerprint density at radius 1 is 1.04 bits per heavy atom. The molecule has 55 heavy (non-hydrogen) atoms. The van der Waals surface area contributed by atoms with Crippen molar-refractivity contribution in [2.24, 2.45) is 23.1 Å². The summed E-state index contributed by atoms with van der Waals surface area (Å²) in [4.78, 5) is 54.2. The van der Waals surface area contributed by atoms with Crippen LogP contribution in [0.4, 0.5) is 10.5 Å². The number of Topliss-reactive ketones (excluding diaryl/α,β-unsaturated/α-hetero) is 2. The first-order valence-electron chi connectivity index (χ1n) is 18.0. The molecule has 1 amide bonds. The highest BCUT2D eigenvalue weighted by Gasteiger charge is 2.75. The van der Waals surface area contributed by atoms with E-state index in [-0.39, 0.29) is 76.3 Å². The maximum atomic E-state index is 13.4. The van der Waals surface area contributed by atoms with Crippen molar-refractivity contribution >= 4 is 40.0 Å². The molecule has 8 rings (SSSR count). The van der Waals surface area contributed by atoms with Crippen LogP contribution in [-0.2, 0) is 25.6 Å². The highest BCUT2D eigenvalue weighted by atomic mass is 16.6. The first kappa shape index (κ1) is 37.8. The number of benzene rings is 2. The van der Waals surface area contributed by atoms with E-state index in [0.717, 1.165) is 11.9 Å². The number of aliphatic hydroxyl groups is 1. The van der Waals surface area contributed by atoms with Crippen molar-refractivity contribution < 1.29 is 44.0 Å². The molecule has 1 aromatic heterocycles. The van der Waals surface area contributed by atoms with Gasteiger partial charge in [-0.3, -0.25) is 24.0 Å². The van der Waals surface area contributed by atoms with Crippen LogP contribution in [0.5, 0.6) is 11.5 Å². The molecule has 0 spiro atoms. The lowest BCUT2D eigenvalue weighted by Crippen LogP contribution is -2.55. The number of likely N-dealkylation sites (N-methyl/N-ethyl adjacent to an activating group) is 1. The van der Waals surface area contributed by atoms with Crippen LogP contribution in [0.1, 0.15) is 29.3 Å². The summed E-state index contributed by atoms with van der Waals surface area (Å²) in [5, 5.41) is 41.5. The minimum absolute atomic E-state index is 0.00768. The van der Waals surface area contributed by atoms with Gasteiger partial charge in [0.1, 0.15) is 23.8 Å². The molecule has 18 heteroatoms. The molecule has 0 saturated carbocycles. The molecule has 5 aliphatic rings. The molecule has 0 bridgehead atoms. The van der Waals surface area contributed by atoms with Gasteiger partial charge in [0.25, 0.3) is 0 Å². The molecule has 11 N–H and O–H groups in total. The second-order valence-electron chi connectivity index (χ2n) is 14.1.